The topological polar surface area (TPSA) is 75.1 Å². The van der Waals surface area contributed by atoms with Crippen molar-refractivity contribution in [2.24, 2.45) is 0 Å². The number of hydrogen-bond acceptors (Lipinski definition) is 5. The third kappa shape index (κ3) is 5.66. The molecule has 0 spiro atoms. The molecule has 0 saturated carbocycles. The zero-order chi connectivity index (χ0) is 19.6. The van der Waals surface area contributed by atoms with Gasteiger partial charge >= 0.3 is 0 Å². The van der Waals surface area contributed by atoms with Crippen LogP contribution in [0.3, 0.4) is 0 Å². The predicted molar refractivity (Wildman–Crippen MR) is 113 cm³/mol. The Hall–Kier alpha value is -2.67. The van der Waals surface area contributed by atoms with Crippen molar-refractivity contribution in [1.29, 1.82) is 0 Å². The van der Waals surface area contributed by atoms with E-state index in [1.54, 1.807) is 18.5 Å². The molecule has 3 heterocycles. The molecular weight excluding hydrogens is 352 g/mol. The number of allylic oxidation sites excluding steroid dienone is 2. The number of aryl methyl sites for hydroxylation is 1. The van der Waals surface area contributed by atoms with Crippen LogP contribution in [0, 0.1) is 0 Å². The Morgan fingerprint density at radius 1 is 1.25 bits per heavy atom. The van der Waals surface area contributed by atoms with E-state index in [1.807, 2.05) is 16.9 Å². The number of hydrogen-bond donors (Lipinski definition) is 2. The van der Waals surface area contributed by atoms with Crippen molar-refractivity contribution in [2.45, 2.75) is 39.2 Å². The maximum atomic E-state index is 12.7. The second-order valence-corrected chi connectivity index (χ2v) is 6.92. The van der Waals surface area contributed by atoms with Gasteiger partial charge in [0.15, 0.2) is 5.69 Å². The lowest BCUT2D eigenvalue weighted by atomic mass is 10.2. The third-order valence-corrected chi connectivity index (χ3v) is 4.75. The standard InChI is InChI=1S/C21H30N6O/c1-2-3-4-5-15-27-16-9-18(25-27)21(28)24-19-17-23-12-8-20(19)26-13-6-10-22-11-7-14-26/h3-4,8-9,12,16-17,22H,2,5-7,10-11,13-15H2,1H3,(H,24,28)/b4-3-. The van der Waals surface area contributed by atoms with Crippen molar-refractivity contribution in [3.8, 4) is 0 Å². The number of pyridine rings is 1. The minimum absolute atomic E-state index is 0.203. The van der Waals surface area contributed by atoms with Gasteiger partial charge in [0.25, 0.3) is 5.91 Å². The van der Waals surface area contributed by atoms with E-state index in [-0.39, 0.29) is 5.91 Å². The maximum absolute atomic E-state index is 12.7. The Labute approximate surface area is 166 Å². The van der Waals surface area contributed by atoms with Gasteiger partial charge in [-0.1, -0.05) is 19.1 Å². The SMILES string of the molecule is CC/C=C\CCn1ccc(C(=O)Nc2cnccc2N2CCCNCCC2)n1. The van der Waals surface area contributed by atoms with Crippen molar-refractivity contribution in [3.63, 3.8) is 0 Å². The number of carbonyl (C=O) groups is 1. The van der Waals surface area contributed by atoms with Crippen LogP contribution in [0.25, 0.3) is 0 Å². The van der Waals surface area contributed by atoms with Gasteiger partial charge in [-0.3, -0.25) is 14.5 Å². The quantitative estimate of drug-likeness (QED) is 0.720. The zero-order valence-electron chi connectivity index (χ0n) is 16.6. The van der Waals surface area contributed by atoms with Gasteiger partial charge in [0.1, 0.15) is 0 Å². The fourth-order valence-electron chi connectivity index (χ4n) is 3.31. The number of nitrogens with one attached hydrogen (secondary N) is 2. The highest BCUT2D eigenvalue weighted by Gasteiger charge is 2.16. The Morgan fingerprint density at radius 2 is 2.07 bits per heavy atom. The van der Waals surface area contributed by atoms with Gasteiger partial charge in [-0.2, -0.15) is 5.10 Å². The van der Waals surface area contributed by atoms with Crippen LogP contribution in [-0.2, 0) is 6.54 Å². The number of amides is 1. The Balaban J connectivity index is 1.65. The monoisotopic (exact) mass is 382 g/mol. The predicted octanol–water partition coefficient (Wildman–Crippen LogP) is 3.08. The average molecular weight is 383 g/mol. The van der Waals surface area contributed by atoms with Crippen LogP contribution in [0.4, 0.5) is 11.4 Å². The second-order valence-electron chi connectivity index (χ2n) is 6.92. The number of rotatable bonds is 7. The highest BCUT2D eigenvalue weighted by atomic mass is 16.2. The summed E-state index contributed by atoms with van der Waals surface area (Å²) in [5.74, 6) is -0.203. The van der Waals surface area contributed by atoms with Gasteiger partial charge < -0.3 is 15.5 Å². The van der Waals surface area contributed by atoms with Crippen molar-refractivity contribution in [1.82, 2.24) is 20.1 Å². The summed E-state index contributed by atoms with van der Waals surface area (Å²) in [7, 11) is 0. The second kappa shape index (κ2) is 10.6. The fourth-order valence-corrected chi connectivity index (χ4v) is 3.31. The summed E-state index contributed by atoms with van der Waals surface area (Å²) < 4.78 is 1.81. The molecule has 0 radical (unpaired) electrons. The maximum Gasteiger partial charge on any atom is 0.276 e. The van der Waals surface area contributed by atoms with Crippen LogP contribution >= 0.6 is 0 Å². The van der Waals surface area contributed by atoms with Gasteiger partial charge in [0.05, 0.1) is 17.6 Å². The first-order chi connectivity index (χ1) is 13.8. The molecule has 1 amide bonds. The molecule has 0 atom stereocenters. The van der Waals surface area contributed by atoms with Gasteiger partial charge in [-0.25, -0.2) is 0 Å². The van der Waals surface area contributed by atoms with Crippen LogP contribution < -0.4 is 15.5 Å². The molecule has 1 fully saturated rings. The lowest BCUT2D eigenvalue weighted by Gasteiger charge is -2.28. The van der Waals surface area contributed by atoms with E-state index in [0.29, 0.717) is 5.69 Å². The van der Waals surface area contributed by atoms with E-state index >= 15 is 0 Å². The molecule has 3 rings (SSSR count). The molecule has 7 heteroatoms. The molecule has 1 aliphatic rings. The van der Waals surface area contributed by atoms with Crippen LogP contribution in [-0.4, -0.2) is 46.9 Å². The number of anilines is 2. The van der Waals surface area contributed by atoms with Gasteiger partial charge in [0.2, 0.25) is 0 Å². The van der Waals surface area contributed by atoms with Gasteiger partial charge in [-0.05, 0) is 50.9 Å². The van der Waals surface area contributed by atoms with E-state index in [2.05, 4.69) is 44.7 Å². The fraction of sp³-hybridized carbons (Fsp3) is 0.476. The van der Waals surface area contributed by atoms with Crippen LogP contribution in [0.1, 0.15) is 43.1 Å². The number of aromatic nitrogens is 3. The van der Waals surface area contributed by atoms with Crippen LogP contribution in [0.15, 0.2) is 42.9 Å². The first-order valence-corrected chi connectivity index (χ1v) is 10.2. The molecular formula is C21H30N6O. The molecule has 7 nitrogen and oxygen atoms in total. The summed E-state index contributed by atoms with van der Waals surface area (Å²) in [6.07, 6.45) is 13.7. The normalized spacial score (nSPS) is 15.4. The molecule has 1 aliphatic heterocycles. The Morgan fingerprint density at radius 3 is 2.86 bits per heavy atom. The summed E-state index contributed by atoms with van der Waals surface area (Å²) in [6.45, 7) is 6.84. The Bertz CT molecular complexity index is 777. The highest BCUT2D eigenvalue weighted by molar-refractivity contribution is 6.04. The van der Waals surface area contributed by atoms with Gasteiger partial charge in [0, 0.05) is 32.0 Å². The van der Waals surface area contributed by atoms with Gasteiger partial charge in [-0.15, -0.1) is 0 Å². The summed E-state index contributed by atoms with van der Waals surface area (Å²) >= 11 is 0. The van der Waals surface area contributed by atoms with Crippen molar-refractivity contribution < 1.29 is 4.79 Å². The molecule has 0 aliphatic carbocycles. The first kappa shape index (κ1) is 20.1. The minimum atomic E-state index is -0.203. The number of carbonyl (C=O) groups excluding carboxylic acids is 1. The van der Waals surface area contributed by atoms with Crippen molar-refractivity contribution in [2.75, 3.05) is 36.4 Å². The van der Waals surface area contributed by atoms with E-state index in [4.69, 9.17) is 0 Å². The Kier molecular flexibility index (Phi) is 7.61. The summed E-state index contributed by atoms with van der Waals surface area (Å²) in [5, 5.41) is 10.8. The molecule has 2 N–H and O–H groups in total. The first-order valence-electron chi connectivity index (χ1n) is 10.2. The lowest BCUT2D eigenvalue weighted by Crippen LogP contribution is -2.34. The van der Waals surface area contributed by atoms with E-state index in [9.17, 15) is 4.79 Å². The van der Waals surface area contributed by atoms with Crippen molar-refractivity contribution in [3.05, 3.63) is 48.6 Å². The summed E-state index contributed by atoms with van der Waals surface area (Å²) in [4.78, 5) is 19.2. The average Bonchev–Trinajstić information content (AvgIpc) is 3.15. The summed E-state index contributed by atoms with van der Waals surface area (Å²) in [6, 6.07) is 3.74. The van der Waals surface area contributed by atoms with E-state index in [0.717, 1.165) is 69.8 Å². The van der Waals surface area contributed by atoms with Crippen LogP contribution in [0.5, 0.6) is 0 Å². The number of nitrogens with zero attached hydrogens (tertiary/aromatic N) is 4. The summed E-state index contributed by atoms with van der Waals surface area (Å²) in [5.41, 5.74) is 2.18. The zero-order valence-corrected chi connectivity index (χ0v) is 16.6. The molecule has 150 valence electrons. The minimum Gasteiger partial charge on any atom is -0.370 e. The lowest BCUT2D eigenvalue weighted by molar-refractivity contribution is 0.102. The molecule has 0 bridgehead atoms. The molecule has 28 heavy (non-hydrogen) atoms. The molecule has 2 aromatic heterocycles. The van der Waals surface area contributed by atoms with Crippen LogP contribution in [0.2, 0.25) is 0 Å². The molecule has 0 unspecified atom stereocenters. The third-order valence-electron chi connectivity index (χ3n) is 4.75. The van der Waals surface area contributed by atoms with E-state index in [1.165, 1.54) is 0 Å². The molecule has 2 aromatic rings. The molecule has 0 aromatic carbocycles. The largest absolute Gasteiger partial charge is 0.370 e. The van der Waals surface area contributed by atoms with Crippen molar-refractivity contribution >= 4 is 17.3 Å². The highest BCUT2D eigenvalue weighted by Crippen LogP contribution is 2.25. The smallest absolute Gasteiger partial charge is 0.276 e. The molecule has 1 saturated heterocycles. The van der Waals surface area contributed by atoms with E-state index < -0.39 is 0 Å².